The van der Waals surface area contributed by atoms with E-state index >= 15 is 0 Å². The SMILES string of the molecule is CC[C@@H](C(=O)N1CCN(CC)CC1)n1c2ccccc2c2cnn(C)c(=O)c21. The van der Waals surface area contributed by atoms with Crippen LogP contribution < -0.4 is 5.56 Å². The number of benzene rings is 1. The molecule has 2 aromatic heterocycles. The second-order valence-corrected chi connectivity index (χ2v) is 7.41. The molecule has 0 unspecified atom stereocenters. The van der Waals surface area contributed by atoms with Crippen LogP contribution in [0.2, 0.25) is 0 Å². The molecular formula is C21H27N5O2. The number of fused-ring (bicyclic) bond motifs is 3. The minimum Gasteiger partial charge on any atom is -0.338 e. The summed E-state index contributed by atoms with van der Waals surface area (Å²) >= 11 is 0. The highest BCUT2D eigenvalue weighted by atomic mass is 16.2. The second-order valence-electron chi connectivity index (χ2n) is 7.41. The van der Waals surface area contributed by atoms with Crippen molar-refractivity contribution in [3.05, 3.63) is 40.8 Å². The highest BCUT2D eigenvalue weighted by Gasteiger charge is 2.30. The quantitative estimate of drug-likeness (QED) is 0.694. The third-order valence-corrected chi connectivity index (χ3v) is 5.92. The number of carbonyl (C=O) groups excluding carboxylic acids is 1. The third kappa shape index (κ3) is 2.90. The van der Waals surface area contributed by atoms with Crippen LogP contribution in [0.3, 0.4) is 0 Å². The van der Waals surface area contributed by atoms with Crippen molar-refractivity contribution >= 4 is 27.7 Å². The van der Waals surface area contributed by atoms with Crippen molar-refractivity contribution in [1.29, 1.82) is 0 Å². The summed E-state index contributed by atoms with van der Waals surface area (Å²) < 4.78 is 3.29. The molecule has 7 heteroatoms. The highest BCUT2D eigenvalue weighted by Crippen LogP contribution is 2.31. The maximum atomic E-state index is 13.5. The van der Waals surface area contributed by atoms with Gasteiger partial charge in [0.25, 0.3) is 5.56 Å². The molecule has 0 aliphatic carbocycles. The Morgan fingerprint density at radius 1 is 1.11 bits per heavy atom. The van der Waals surface area contributed by atoms with Gasteiger partial charge in [-0.3, -0.25) is 9.59 Å². The van der Waals surface area contributed by atoms with E-state index in [1.807, 2.05) is 40.7 Å². The Hall–Kier alpha value is -2.67. The number of nitrogens with zero attached hydrogens (tertiary/aromatic N) is 5. The van der Waals surface area contributed by atoms with Crippen LogP contribution in [0.1, 0.15) is 26.3 Å². The minimum absolute atomic E-state index is 0.0970. The molecule has 1 fully saturated rings. The number of aromatic nitrogens is 3. The van der Waals surface area contributed by atoms with Crippen LogP contribution >= 0.6 is 0 Å². The maximum absolute atomic E-state index is 13.5. The largest absolute Gasteiger partial charge is 0.338 e. The average Bonchev–Trinajstić information content (AvgIpc) is 3.06. The van der Waals surface area contributed by atoms with Crippen molar-refractivity contribution in [2.75, 3.05) is 32.7 Å². The zero-order chi connectivity index (χ0) is 19.8. The molecule has 4 rings (SSSR count). The van der Waals surface area contributed by atoms with E-state index in [0.717, 1.165) is 49.0 Å². The van der Waals surface area contributed by atoms with Crippen LogP contribution in [0.25, 0.3) is 21.8 Å². The summed E-state index contributed by atoms with van der Waals surface area (Å²) in [5.74, 6) is 0.0970. The number of para-hydroxylation sites is 1. The maximum Gasteiger partial charge on any atom is 0.291 e. The monoisotopic (exact) mass is 381 g/mol. The number of hydrogen-bond acceptors (Lipinski definition) is 4. The summed E-state index contributed by atoms with van der Waals surface area (Å²) in [5.41, 5.74) is 1.30. The summed E-state index contributed by atoms with van der Waals surface area (Å²) in [4.78, 5) is 30.7. The molecule has 3 aromatic rings. The highest BCUT2D eigenvalue weighted by molar-refractivity contribution is 6.08. The molecule has 28 heavy (non-hydrogen) atoms. The lowest BCUT2D eigenvalue weighted by Crippen LogP contribution is -2.50. The first-order valence-corrected chi connectivity index (χ1v) is 10.0. The number of rotatable bonds is 4. The lowest BCUT2D eigenvalue weighted by molar-refractivity contribution is -0.136. The first kappa shape index (κ1) is 18.7. The van der Waals surface area contributed by atoms with Gasteiger partial charge >= 0.3 is 0 Å². The van der Waals surface area contributed by atoms with Crippen LogP contribution in [-0.4, -0.2) is 62.8 Å². The molecule has 0 bridgehead atoms. The number of aryl methyl sites for hydroxylation is 1. The fourth-order valence-electron chi connectivity index (χ4n) is 4.27. The summed E-state index contributed by atoms with van der Waals surface area (Å²) in [6, 6.07) is 7.49. The van der Waals surface area contributed by atoms with Gasteiger partial charge in [-0.25, -0.2) is 4.68 Å². The van der Waals surface area contributed by atoms with Gasteiger partial charge in [-0.1, -0.05) is 32.0 Å². The third-order valence-electron chi connectivity index (χ3n) is 5.92. The molecule has 7 nitrogen and oxygen atoms in total. The van der Waals surface area contributed by atoms with E-state index in [0.29, 0.717) is 11.9 Å². The lowest BCUT2D eigenvalue weighted by Gasteiger charge is -2.36. The predicted octanol–water partition coefficient (Wildman–Crippen LogP) is 2.00. The van der Waals surface area contributed by atoms with Gasteiger partial charge in [0.1, 0.15) is 11.6 Å². The first-order chi connectivity index (χ1) is 13.6. The summed E-state index contributed by atoms with van der Waals surface area (Å²) in [6.45, 7) is 8.44. The lowest BCUT2D eigenvalue weighted by atomic mass is 10.1. The number of likely N-dealkylation sites (N-methyl/N-ethyl adjacent to an activating group) is 1. The molecule has 0 saturated carbocycles. The summed E-state index contributed by atoms with van der Waals surface area (Å²) in [6.07, 6.45) is 2.36. The van der Waals surface area contributed by atoms with Gasteiger partial charge in [0.05, 0.1) is 11.7 Å². The van der Waals surface area contributed by atoms with E-state index in [1.54, 1.807) is 13.2 Å². The normalized spacial score (nSPS) is 16.8. The Kier molecular flexibility index (Phi) is 4.93. The molecule has 1 aliphatic heterocycles. The van der Waals surface area contributed by atoms with Crippen molar-refractivity contribution in [2.45, 2.75) is 26.3 Å². The fraction of sp³-hybridized carbons (Fsp3) is 0.476. The number of carbonyl (C=O) groups is 1. The van der Waals surface area contributed by atoms with Crippen molar-refractivity contribution in [1.82, 2.24) is 24.1 Å². The Balaban J connectivity index is 1.85. The fourth-order valence-corrected chi connectivity index (χ4v) is 4.27. The van der Waals surface area contributed by atoms with Crippen LogP contribution in [0.15, 0.2) is 35.3 Å². The Morgan fingerprint density at radius 3 is 2.50 bits per heavy atom. The van der Waals surface area contributed by atoms with E-state index in [2.05, 4.69) is 16.9 Å². The van der Waals surface area contributed by atoms with E-state index in [-0.39, 0.29) is 11.5 Å². The van der Waals surface area contributed by atoms with Gasteiger partial charge in [0.15, 0.2) is 0 Å². The van der Waals surface area contributed by atoms with E-state index in [1.165, 1.54) is 4.68 Å². The number of hydrogen-bond donors (Lipinski definition) is 0. The molecular weight excluding hydrogens is 354 g/mol. The summed E-state index contributed by atoms with van der Waals surface area (Å²) in [5, 5.41) is 5.97. The van der Waals surface area contributed by atoms with Gasteiger partial charge in [0.2, 0.25) is 5.91 Å². The van der Waals surface area contributed by atoms with Crippen LogP contribution in [0.5, 0.6) is 0 Å². The van der Waals surface area contributed by atoms with E-state index < -0.39 is 6.04 Å². The molecule has 1 saturated heterocycles. The topological polar surface area (TPSA) is 63.4 Å². The molecule has 1 aromatic carbocycles. The molecule has 0 spiro atoms. The van der Waals surface area contributed by atoms with E-state index in [9.17, 15) is 9.59 Å². The Bertz CT molecular complexity index is 1080. The molecule has 3 heterocycles. The molecule has 148 valence electrons. The molecule has 0 N–H and O–H groups in total. The molecule has 1 aliphatic rings. The van der Waals surface area contributed by atoms with Crippen molar-refractivity contribution < 1.29 is 4.79 Å². The van der Waals surface area contributed by atoms with Crippen LogP contribution in [-0.2, 0) is 11.8 Å². The van der Waals surface area contributed by atoms with E-state index in [4.69, 9.17) is 0 Å². The van der Waals surface area contributed by atoms with Crippen LogP contribution in [0.4, 0.5) is 0 Å². The predicted molar refractivity (Wildman–Crippen MR) is 111 cm³/mol. The molecule has 1 atom stereocenters. The smallest absolute Gasteiger partial charge is 0.291 e. The molecule has 1 amide bonds. The van der Waals surface area contributed by atoms with Gasteiger partial charge in [-0.2, -0.15) is 5.10 Å². The van der Waals surface area contributed by atoms with Gasteiger partial charge in [-0.05, 0) is 19.0 Å². The molecule has 0 radical (unpaired) electrons. The zero-order valence-corrected chi connectivity index (χ0v) is 16.8. The van der Waals surface area contributed by atoms with Gasteiger partial charge in [-0.15, -0.1) is 0 Å². The first-order valence-electron chi connectivity index (χ1n) is 10.0. The van der Waals surface area contributed by atoms with Gasteiger partial charge in [0, 0.05) is 44.0 Å². The van der Waals surface area contributed by atoms with Gasteiger partial charge < -0.3 is 14.4 Å². The Labute approximate surface area is 164 Å². The van der Waals surface area contributed by atoms with Crippen molar-refractivity contribution in [2.24, 2.45) is 7.05 Å². The number of amides is 1. The standard InChI is InChI=1S/C21H27N5O2/c1-4-17(20(27)25-12-10-24(5-2)11-13-25)26-18-9-7-6-8-15(18)16-14-22-23(3)21(28)19(16)26/h6-9,14,17H,4-5,10-13H2,1-3H3/t17-/m0/s1. The minimum atomic E-state index is -0.398. The number of piperazine rings is 1. The average molecular weight is 381 g/mol. The summed E-state index contributed by atoms with van der Waals surface area (Å²) in [7, 11) is 1.65. The second kappa shape index (κ2) is 7.39. The van der Waals surface area contributed by atoms with Crippen LogP contribution in [0, 0.1) is 0 Å². The zero-order valence-electron chi connectivity index (χ0n) is 16.8. The van der Waals surface area contributed by atoms with Crippen molar-refractivity contribution in [3.63, 3.8) is 0 Å². The van der Waals surface area contributed by atoms with Crippen molar-refractivity contribution in [3.8, 4) is 0 Å². The Morgan fingerprint density at radius 2 is 1.82 bits per heavy atom.